The van der Waals surface area contributed by atoms with Crippen LogP contribution in [0, 0.1) is 10.1 Å². The molecule has 0 aliphatic carbocycles. The van der Waals surface area contributed by atoms with E-state index in [2.05, 4.69) is 5.32 Å². The minimum absolute atomic E-state index is 0.0171. The van der Waals surface area contributed by atoms with Gasteiger partial charge >= 0.3 is 0 Å². The van der Waals surface area contributed by atoms with E-state index in [-0.39, 0.29) is 11.6 Å². The standard InChI is InChI=1S/C13H19N3O3/c1-4-8-15(3)13(17)10-6-7-12(16(18)19)11(9-10)14-5-2/h6-7,9,14H,4-5,8H2,1-3H3. The van der Waals surface area contributed by atoms with Crippen LogP contribution in [-0.4, -0.2) is 35.9 Å². The molecule has 0 aliphatic rings. The summed E-state index contributed by atoms with van der Waals surface area (Å²) in [5.41, 5.74) is 0.817. The summed E-state index contributed by atoms with van der Waals surface area (Å²) in [5, 5.41) is 13.8. The second-order valence-electron chi connectivity index (χ2n) is 4.25. The molecule has 0 saturated heterocycles. The zero-order chi connectivity index (χ0) is 14.4. The minimum atomic E-state index is -0.456. The number of nitro groups is 1. The first-order valence-corrected chi connectivity index (χ1v) is 6.29. The molecule has 104 valence electrons. The molecule has 1 aromatic carbocycles. The summed E-state index contributed by atoms with van der Waals surface area (Å²) in [6.07, 6.45) is 0.870. The number of nitro benzene ring substituents is 1. The van der Waals surface area contributed by atoms with Gasteiger partial charge in [0.25, 0.3) is 11.6 Å². The highest BCUT2D eigenvalue weighted by Gasteiger charge is 2.18. The van der Waals surface area contributed by atoms with Gasteiger partial charge in [0.05, 0.1) is 4.92 Å². The lowest BCUT2D eigenvalue weighted by Crippen LogP contribution is -2.27. The third-order valence-electron chi connectivity index (χ3n) is 2.71. The van der Waals surface area contributed by atoms with Crippen LogP contribution >= 0.6 is 0 Å². The monoisotopic (exact) mass is 265 g/mol. The Morgan fingerprint density at radius 1 is 1.42 bits per heavy atom. The average molecular weight is 265 g/mol. The SMILES string of the molecule is CCCN(C)C(=O)c1ccc([N+](=O)[O-])c(NCC)c1. The number of hydrogen-bond donors (Lipinski definition) is 1. The summed E-state index contributed by atoms with van der Waals surface area (Å²) in [7, 11) is 1.72. The fraction of sp³-hybridized carbons (Fsp3) is 0.462. The number of rotatable bonds is 6. The number of benzene rings is 1. The van der Waals surface area contributed by atoms with Crippen LogP contribution in [0.4, 0.5) is 11.4 Å². The Morgan fingerprint density at radius 2 is 2.11 bits per heavy atom. The maximum Gasteiger partial charge on any atom is 0.292 e. The molecule has 0 aliphatic heterocycles. The third kappa shape index (κ3) is 3.67. The van der Waals surface area contributed by atoms with Gasteiger partial charge in [-0.25, -0.2) is 0 Å². The van der Waals surface area contributed by atoms with Gasteiger partial charge in [0.15, 0.2) is 0 Å². The Bertz CT molecular complexity index is 474. The van der Waals surface area contributed by atoms with E-state index in [0.29, 0.717) is 24.3 Å². The summed E-state index contributed by atoms with van der Waals surface area (Å²) in [4.78, 5) is 24.1. The lowest BCUT2D eigenvalue weighted by molar-refractivity contribution is -0.384. The molecule has 1 rings (SSSR count). The van der Waals surface area contributed by atoms with Crippen LogP contribution in [0.3, 0.4) is 0 Å². The van der Waals surface area contributed by atoms with E-state index in [0.717, 1.165) is 6.42 Å². The van der Waals surface area contributed by atoms with Crippen LogP contribution in [0.1, 0.15) is 30.6 Å². The molecule has 0 aromatic heterocycles. The van der Waals surface area contributed by atoms with Crippen molar-refractivity contribution in [3.8, 4) is 0 Å². The van der Waals surface area contributed by atoms with Crippen LogP contribution in [0.25, 0.3) is 0 Å². The zero-order valence-corrected chi connectivity index (χ0v) is 11.5. The minimum Gasteiger partial charge on any atom is -0.380 e. The molecule has 6 heteroatoms. The van der Waals surface area contributed by atoms with E-state index in [1.807, 2.05) is 13.8 Å². The highest BCUT2D eigenvalue weighted by molar-refractivity contribution is 5.95. The average Bonchev–Trinajstić information content (AvgIpc) is 2.38. The molecular formula is C13H19N3O3. The largest absolute Gasteiger partial charge is 0.380 e. The first kappa shape index (κ1) is 14.9. The van der Waals surface area contributed by atoms with E-state index < -0.39 is 4.92 Å². The van der Waals surface area contributed by atoms with Crippen molar-refractivity contribution in [1.82, 2.24) is 4.90 Å². The van der Waals surface area contributed by atoms with E-state index in [4.69, 9.17) is 0 Å². The van der Waals surface area contributed by atoms with Crippen LogP contribution in [0.2, 0.25) is 0 Å². The Morgan fingerprint density at radius 3 is 2.63 bits per heavy atom. The van der Waals surface area contributed by atoms with E-state index in [1.54, 1.807) is 11.9 Å². The van der Waals surface area contributed by atoms with Crippen molar-refractivity contribution in [3.05, 3.63) is 33.9 Å². The number of nitrogens with one attached hydrogen (secondary N) is 1. The lowest BCUT2D eigenvalue weighted by atomic mass is 10.1. The number of anilines is 1. The van der Waals surface area contributed by atoms with Gasteiger partial charge in [-0.3, -0.25) is 14.9 Å². The summed E-state index contributed by atoms with van der Waals surface area (Å²) >= 11 is 0. The maximum atomic E-state index is 12.1. The highest BCUT2D eigenvalue weighted by Crippen LogP contribution is 2.25. The number of hydrogen-bond acceptors (Lipinski definition) is 4. The quantitative estimate of drug-likeness (QED) is 0.633. The normalized spacial score (nSPS) is 10.1. The highest BCUT2D eigenvalue weighted by atomic mass is 16.6. The first-order chi connectivity index (χ1) is 9.01. The molecule has 0 unspecified atom stereocenters. The first-order valence-electron chi connectivity index (χ1n) is 6.29. The second-order valence-corrected chi connectivity index (χ2v) is 4.25. The molecule has 19 heavy (non-hydrogen) atoms. The molecule has 1 amide bonds. The van der Waals surface area contributed by atoms with Crippen LogP contribution in [0.5, 0.6) is 0 Å². The van der Waals surface area contributed by atoms with Gasteiger partial charge in [-0.1, -0.05) is 6.92 Å². The number of nitrogens with zero attached hydrogens (tertiary/aromatic N) is 2. The molecule has 1 N–H and O–H groups in total. The number of carbonyl (C=O) groups is 1. The van der Waals surface area contributed by atoms with Crippen molar-refractivity contribution in [2.75, 3.05) is 25.5 Å². The molecule has 0 spiro atoms. The summed E-state index contributed by atoms with van der Waals surface area (Å²) in [5.74, 6) is -0.129. The molecule has 0 fully saturated rings. The van der Waals surface area contributed by atoms with Crippen molar-refractivity contribution >= 4 is 17.3 Å². The Hall–Kier alpha value is -2.11. The lowest BCUT2D eigenvalue weighted by Gasteiger charge is -2.16. The van der Waals surface area contributed by atoms with Crippen LogP contribution < -0.4 is 5.32 Å². The molecule has 0 bridgehead atoms. The van der Waals surface area contributed by atoms with Gasteiger partial charge in [-0.2, -0.15) is 0 Å². The summed E-state index contributed by atoms with van der Waals surface area (Å²) in [6, 6.07) is 4.40. The molecule has 6 nitrogen and oxygen atoms in total. The van der Waals surface area contributed by atoms with E-state index >= 15 is 0 Å². The predicted molar refractivity (Wildman–Crippen MR) is 74.5 cm³/mol. The third-order valence-corrected chi connectivity index (χ3v) is 2.71. The van der Waals surface area contributed by atoms with Crippen molar-refractivity contribution in [2.45, 2.75) is 20.3 Å². The van der Waals surface area contributed by atoms with Gasteiger partial charge in [-0.15, -0.1) is 0 Å². The van der Waals surface area contributed by atoms with Gasteiger partial charge in [0.1, 0.15) is 5.69 Å². The van der Waals surface area contributed by atoms with E-state index in [9.17, 15) is 14.9 Å². The van der Waals surface area contributed by atoms with Gasteiger partial charge in [0.2, 0.25) is 0 Å². The topological polar surface area (TPSA) is 75.5 Å². The summed E-state index contributed by atoms with van der Waals surface area (Å²) in [6.45, 7) is 5.06. The van der Waals surface area contributed by atoms with Crippen molar-refractivity contribution in [3.63, 3.8) is 0 Å². The fourth-order valence-corrected chi connectivity index (χ4v) is 1.82. The Balaban J connectivity index is 3.07. The number of amides is 1. The molecule has 0 atom stereocenters. The van der Waals surface area contributed by atoms with Crippen molar-refractivity contribution in [2.24, 2.45) is 0 Å². The number of carbonyl (C=O) groups excluding carboxylic acids is 1. The van der Waals surface area contributed by atoms with Gasteiger partial charge in [0, 0.05) is 31.8 Å². The van der Waals surface area contributed by atoms with Crippen molar-refractivity contribution in [1.29, 1.82) is 0 Å². The molecule has 0 heterocycles. The van der Waals surface area contributed by atoms with Crippen LogP contribution in [-0.2, 0) is 0 Å². The van der Waals surface area contributed by atoms with Crippen LogP contribution in [0.15, 0.2) is 18.2 Å². The predicted octanol–water partition coefficient (Wildman–Crippen LogP) is 2.51. The van der Waals surface area contributed by atoms with Gasteiger partial charge in [-0.05, 0) is 25.5 Å². The Labute approximate surface area is 112 Å². The fourth-order valence-electron chi connectivity index (χ4n) is 1.82. The van der Waals surface area contributed by atoms with Crippen molar-refractivity contribution < 1.29 is 9.72 Å². The molecule has 0 radical (unpaired) electrons. The maximum absolute atomic E-state index is 12.1. The summed E-state index contributed by atoms with van der Waals surface area (Å²) < 4.78 is 0. The molecular weight excluding hydrogens is 246 g/mol. The molecule has 1 aromatic rings. The zero-order valence-electron chi connectivity index (χ0n) is 11.5. The second kappa shape index (κ2) is 6.72. The Kier molecular flexibility index (Phi) is 5.29. The molecule has 0 saturated carbocycles. The van der Waals surface area contributed by atoms with Gasteiger partial charge < -0.3 is 10.2 Å². The van der Waals surface area contributed by atoms with E-state index in [1.165, 1.54) is 18.2 Å². The smallest absolute Gasteiger partial charge is 0.292 e.